The molecule has 90 valence electrons. The third-order valence-corrected chi connectivity index (χ3v) is 3.06. The van der Waals surface area contributed by atoms with Crippen molar-refractivity contribution >= 4 is 16.9 Å². The van der Waals surface area contributed by atoms with Crippen molar-refractivity contribution in [2.75, 3.05) is 7.11 Å². The molecule has 17 heavy (non-hydrogen) atoms. The van der Waals surface area contributed by atoms with E-state index in [-0.39, 0.29) is 5.56 Å². The highest BCUT2D eigenvalue weighted by atomic mass is 16.5. The molecule has 4 nitrogen and oxygen atoms in total. The van der Waals surface area contributed by atoms with E-state index in [2.05, 4.69) is 11.9 Å². The number of hydrogen-bond donors (Lipinski definition) is 2. The zero-order valence-electron chi connectivity index (χ0n) is 10.1. The zero-order chi connectivity index (χ0) is 12.6. The van der Waals surface area contributed by atoms with Gasteiger partial charge in [-0.2, -0.15) is 0 Å². The molecule has 0 amide bonds. The molecule has 4 heteroatoms. The number of aromatic carboxylic acids is 1. The number of fused-ring (bicyclic) bond motifs is 1. The van der Waals surface area contributed by atoms with E-state index in [1.807, 2.05) is 6.92 Å². The molecule has 1 heterocycles. The molecule has 0 bridgehead atoms. The molecule has 0 saturated carbocycles. The van der Waals surface area contributed by atoms with E-state index < -0.39 is 5.97 Å². The van der Waals surface area contributed by atoms with Gasteiger partial charge in [0.15, 0.2) is 0 Å². The van der Waals surface area contributed by atoms with Crippen LogP contribution in [0.3, 0.4) is 0 Å². The maximum Gasteiger partial charge on any atom is 0.339 e. The first-order valence-corrected chi connectivity index (χ1v) is 5.51. The molecule has 0 spiro atoms. The van der Waals surface area contributed by atoms with Crippen LogP contribution in [0.25, 0.3) is 10.9 Å². The normalized spacial score (nSPS) is 10.8. The first-order valence-electron chi connectivity index (χ1n) is 5.51. The number of H-pyrrole nitrogens is 1. The third-order valence-electron chi connectivity index (χ3n) is 3.06. The van der Waals surface area contributed by atoms with Crippen LogP contribution in [0.1, 0.15) is 28.5 Å². The maximum absolute atomic E-state index is 11.1. The Labute approximate surface area is 99.2 Å². The average Bonchev–Trinajstić information content (AvgIpc) is 2.65. The second kappa shape index (κ2) is 4.13. The Hall–Kier alpha value is -1.97. The molecule has 0 atom stereocenters. The SMILES string of the molecule is CCc1[nH]c2ccc(C(=O)O)c(OC)c2c1C. The molecule has 0 radical (unpaired) electrons. The third kappa shape index (κ3) is 1.65. The Morgan fingerprint density at radius 3 is 2.71 bits per heavy atom. The van der Waals surface area contributed by atoms with Gasteiger partial charge in [0.2, 0.25) is 0 Å². The summed E-state index contributed by atoms with van der Waals surface area (Å²) in [4.78, 5) is 14.4. The van der Waals surface area contributed by atoms with Gasteiger partial charge < -0.3 is 14.8 Å². The van der Waals surface area contributed by atoms with E-state index in [1.165, 1.54) is 7.11 Å². The molecule has 2 N–H and O–H groups in total. The number of nitrogens with one attached hydrogen (secondary N) is 1. The van der Waals surface area contributed by atoms with Crippen molar-refractivity contribution in [2.45, 2.75) is 20.3 Å². The second-order valence-corrected chi connectivity index (χ2v) is 3.96. The number of carbonyl (C=O) groups is 1. The second-order valence-electron chi connectivity index (χ2n) is 3.96. The Kier molecular flexibility index (Phi) is 2.79. The number of aryl methyl sites for hydroxylation is 2. The van der Waals surface area contributed by atoms with Crippen molar-refractivity contribution in [1.82, 2.24) is 4.98 Å². The fourth-order valence-electron chi connectivity index (χ4n) is 2.20. The molecule has 0 aliphatic heterocycles. The lowest BCUT2D eigenvalue weighted by atomic mass is 10.1. The lowest BCUT2D eigenvalue weighted by Crippen LogP contribution is -2.00. The number of benzene rings is 1. The minimum absolute atomic E-state index is 0.199. The summed E-state index contributed by atoms with van der Waals surface area (Å²) in [6, 6.07) is 3.35. The summed E-state index contributed by atoms with van der Waals surface area (Å²) in [5, 5.41) is 9.99. The van der Waals surface area contributed by atoms with Crippen LogP contribution in [-0.4, -0.2) is 23.2 Å². The van der Waals surface area contributed by atoms with Crippen molar-refractivity contribution in [1.29, 1.82) is 0 Å². The molecule has 0 aliphatic carbocycles. The predicted octanol–water partition coefficient (Wildman–Crippen LogP) is 2.75. The first-order chi connectivity index (χ1) is 8.10. The number of aromatic nitrogens is 1. The number of methoxy groups -OCH3 is 1. The monoisotopic (exact) mass is 233 g/mol. The van der Waals surface area contributed by atoms with Gasteiger partial charge in [-0.05, 0) is 31.0 Å². The van der Waals surface area contributed by atoms with E-state index in [0.29, 0.717) is 5.75 Å². The van der Waals surface area contributed by atoms with E-state index in [9.17, 15) is 4.79 Å². The molecule has 0 fully saturated rings. The standard InChI is InChI=1S/C13H15NO3/c1-4-9-7(2)11-10(14-9)6-5-8(13(15)16)12(11)17-3/h5-6,14H,4H2,1-3H3,(H,15,16). The first kappa shape index (κ1) is 11.5. The summed E-state index contributed by atoms with van der Waals surface area (Å²) in [6.07, 6.45) is 0.881. The Morgan fingerprint density at radius 2 is 2.18 bits per heavy atom. The summed E-state index contributed by atoms with van der Waals surface area (Å²) in [6.45, 7) is 4.04. The number of rotatable bonds is 3. The van der Waals surface area contributed by atoms with Gasteiger partial charge in [-0.3, -0.25) is 0 Å². The highest BCUT2D eigenvalue weighted by Gasteiger charge is 2.18. The minimum Gasteiger partial charge on any atom is -0.495 e. The summed E-state index contributed by atoms with van der Waals surface area (Å²) in [5.74, 6) is -0.536. The Morgan fingerprint density at radius 1 is 1.47 bits per heavy atom. The van der Waals surface area contributed by atoms with Crippen LogP contribution in [0.15, 0.2) is 12.1 Å². The average molecular weight is 233 g/mol. The molecule has 2 rings (SSSR count). The van der Waals surface area contributed by atoms with Gasteiger partial charge in [0.25, 0.3) is 0 Å². The minimum atomic E-state index is -0.970. The summed E-state index contributed by atoms with van der Waals surface area (Å²) in [5.41, 5.74) is 3.29. The number of aromatic amines is 1. The van der Waals surface area contributed by atoms with Crippen molar-refractivity contribution in [2.24, 2.45) is 0 Å². The van der Waals surface area contributed by atoms with E-state index in [1.54, 1.807) is 12.1 Å². The number of ether oxygens (including phenoxy) is 1. The van der Waals surface area contributed by atoms with Crippen LogP contribution >= 0.6 is 0 Å². The van der Waals surface area contributed by atoms with Crippen LogP contribution in [0.4, 0.5) is 0 Å². The van der Waals surface area contributed by atoms with Gasteiger partial charge in [-0.1, -0.05) is 6.92 Å². The topological polar surface area (TPSA) is 62.3 Å². The van der Waals surface area contributed by atoms with Crippen LogP contribution in [-0.2, 0) is 6.42 Å². The van der Waals surface area contributed by atoms with Crippen LogP contribution < -0.4 is 4.74 Å². The molecule has 0 aliphatic rings. The predicted molar refractivity (Wildman–Crippen MR) is 65.9 cm³/mol. The lowest BCUT2D eigenvalue weighted by Gasteiger charge is -2.07. The van der Waals surface area contributed by atoms with Crippen molar-refractivity contribution in [3.05, 3.63) is 29.0 Å². The molecule has 1 aromatic carbocycles. The van der Waals surface area contributed by atoms with Gasteiger partial charge in [0.1, 0.15) is 11.3 Å². The van der Waals surface area contributed by atoms with Crippen LogP contribution in [0.5, 0.6) is 5.75 Å². The van der Waals surface area contributed by atoms with Gasteiger partial charge in [-0.15, -0.1) is 0 Å². The van der Waals surface area contributed by atoms with E-state index >= 15 is 0 Å². The van der Waals surface area contributed by atoms with Gasteiger partial charge >= 0.3 is 5.97 Å². The number of carboxylic acid groups (broad SMARTS) is 1. The van der Waals surface area contributed by atoms with Gasteiger partial charge in [-0.25, -0.2) is 4.79 Å². The maximum atomic E-state index is 11.1. The molecule has 2 aromatic rings. The fraction of sp³-hybridized carbons (Fsp3) is 0.308. The zero-order valence-corrected chi connectivity index (χ0v) is 10.1. The quantitative estimate of drug-likeness (QED) is 0.856. The number of hydrogen-bond acceptors (Lipinski definition) is 2. The van der Waals surface area contributed by atoms with E-state index in [4.69, 9.17) is 9.84 Å². The van der Waals surface area contributed by atoms with Crippen molar-refractivity contribution in [3.8, 4) is 5.75 Å². The summed E-state index contributed by atoms with van der Waals surface area (Å²) >= 11 is 0. The molecule has 0 saturated heterocycles. The van der Waals surface area contributed by atoms with Gasteiger partial charge in [0, 0.05) is 16.6 Å². The Bertz CT molecular complexity index is 584. The molecular formula is C13H15NO3. The van der Waals surface area contributed by atoms with Crippen LogP contribution in [0.2, 0.25) is 0 Å². The van der Waals surface area contributed by atoms with Crippen molar-refractivity contribution < 1.29 is 14.6 Å². The van der Waals surface area contributed by atoms with E-state index in [0.717, 1.165) is 28.6 Å². The molecular weight excluding hydrogens is 218 g/mol. The van der Waals surface area contributed by atoms with Crippen LogP contribution in [0, 0.1) is 6.92 Å². The van der Waals surface area contributed by atoms with Gasteiger partial charge in [0.05, 0.1) is 7.11 Å². The lowest BCUT2D eigenvalue weighted by molar-refractivity contribution is 0.0693. The molecule has 1 aromatic heterocycles. The summed E-state index contributed by atoms with van der Waals surface area (Å²) < 4.78 is 5.26. The Balaban J connectivity index is 2.84. The molecule has 0 unspecified atom stereocenters. The number of carboxylic acids is 1. The van der Waals surface area contributed by atoms with Crippen molar-refractivity contribution in [3.63, 3.8) is 0 Å². The fourth-order valence-corrected chi connectivity index (χ4v) is 2.20. The largest absolute Gasteiger partial charge is 0.495 e. The summed E-state index contributed by atoms with van der Waals surface area (Å²) in [7, 11) is 1.50. The highest BCUT2D eigenvalue weighted by molar-refractivity contribution is 6.01. The highest BCUT2D eigenvalue weighted by Crippen LogP contribution is 2.34. The smallest absolute Gasteiger partial charge is 0.339 e.